The predicted octanol–water partition coefficient (Wildman–Crippen LogP) is 5.29. The van der Waals surface area contributed by atoms with E-state index in [2.05, 4.69) is 26.8 Å². The lowest BCUT2D eigenvalue weighted by Gasteiger charge is -2.55. The Bertz CT molecular complexity index is 603. The fraction of sp³-hybridized carbons (Fsp3) is 0.870. The summed E-state index contributed by atoms with van der Waals surface area (Å²) in [6, 6.07) is 0. The Morgan fingerprint density at radius 3 is 2.42 bits per heavy atom. The molecule has 4 aliphatic rings. The number of allylic oxidation sites excluding steroid dienone is 2. The van der Waals surface area contributed by atoms with Gasteiger partial charge in [-0.05, 0) is 75.5 Å². The van der Waals surface area contributed by atoms with E-state index >= 15 is 0 Å². The Kier molecular flexibility index (Phi) is 4.63. The predicted molar refractivity (Wildman–Crippen MR) is 103 cm³/mol. The molecule has 1 aliphatic heterocycles. The molecule has 1 heterocycles. The quantitative estimate of drug-likeness (QED) is 0.642. The van der Waals surface area contributed by atoms with E-state index in [0.717, 1.165) is 31.6 Å². The molecule has 0 aromatic carbocycles. The van der Waals surface area contributed by atoms with Gasteiger partial charge in [0.05, 0.1) is 13.2 Å². The first kappa shape index (κ1) is 18.7. The largest absolute Gasteiger partial charge is 0.348 e. The molecular formula is C23H36O3. The molecule has 4 fully saturated rings. The van der Waals surface area contributed by atoms with Crippen molar-refractivity contribution in [2.75, 3.05) is 13.2 Å². The number of carbonyl (C=O) groups is 1. The Balaban J connectivity index is 1.56. The van der Waals surface area contributed by atoms with Crippen molar-refractivity contribution < 1.29 is 14.3 Å². The number of Topliss-reactive ketones (excluding diaryl/α,β-unsaturated/α-hetero) is 1. The zero-order chi connectivity index (χ0) is 18.6. The van der Waals surface area contributed by atoms with Crippen LogP contribution in [-0.4, -0.2) is 24.8 Å². The third-order valence-electron chi connectivity index (χ3n) is 8.79. The highest BCUT2D eigenvalue weighted by atomic mass is 16.7. The van der Waals surface area contributed by atoms with E-state index in [4.69, 9.17) is 9.47 Å². The van der Waals surface area contributed by atoms with Gasteiger partial charge in [-0.15, -0.1) is 0 Å². The summed E-state index contributed by atoms with van der Waals surface area (Å²) in [6.07, 6.45) is 11.1. The molecule has 0 radical (unpaired) electrons. The molecule has 5 atom stereocenters. The average Bonchev–Trinajstić information content (AvgIpc) is 3.20. The molecule has 4 rings (SSSR count). The summed E-state index contributed by atoms with van der Waals surface area (Å²) >= 11 is 0. The van der Waals surface area contributed by atoms with Crippen LogP contribution < -0.4 is 0 Å². The van der Waals surface area contributed by atoms with Crippen LogP contribution >= 0.6 is 0 Å². The fourth-order valence-electron chi connectivity index (χ4n) is 7.11. The molecule has 3 aliphatic carbocycles. The first-order valence-electron chi connectivity index (χ1n) is 10.8. The standard InChI is InChI=1S/C23H36O3/c1-5-16-6-8-18-17-7-9-20(24)22(3,19(17)10-11-21(16,18)2)12-13-23(4)25-14-15-26-23/h5,17-19H,6-15H2,1-4H3. The third kappa shape index (κ3) is 2.73. The third-order valence-corrected chi connectivity index (χ3v) is 8.79. The molecule has 5 unspecified atom stereocenters. The summed E-state index contributed by atoms with van der Waals surface area (Å²) in [6.45, 7) is 10.4. The number of fused-ring (bicyclic) bond motifs is 3. The number of hydrogen-bond donors (Lipinski definition) is 0. The van der Waals surface area contributed by atoms with E-state index in [1.807, 2.05) is 6.92 Å². The number of carbonyl (C=O) groups excluding carboxylic acids is 1. The lowest BCUT2D eigenvalue weighted by atomic mass is 9.49. The van der Waals surface area contributed by atoms with Crippen molar-refractivity contribution in [1.82, 2.24) is 0 Å². The van der Waals surface area contributed by atoms with Crippen LogP contribution in [0.5, 0.6) is 0 Å². The van der Waals surface area contributed by atoms with Crippen LogP contribution in [0.2, 0.25) is 0 Å². The van der Waals surface area contributed by atoms with Crippen LogP contribution in [-0.2, 0) is 14.3 Å². The molecule has 0 N–H and O–H groups in total. The molecule has 146 valence electrons. The molecule has 0 aromatic heterocycles. The van der Waals surface area contributed by atoms with Crippen molar-refractivity contribution >= 4 is 5.78 Å². The van der Waals surface area contributed by atoms with Gasteiger partial charge in [-0.25, -0.2) is 0 Å². The van der Waals surface area contributed by atoms with Crippen molar-refractivity contribution in [2.24, 2.45) is 28.6 Å². The smallest absolute Gasteiger partial charge is 0.165 e. The van der Waals surface area contributed by atoms with Crippen LogP contribution in [0.15, 0.2) is 11.6 Å². The second kappa shape index (κ2) is 6.44. The van der Waals surface area contributed by atoms with Crippen molar-refractivity contribution in [1.29, 1.82) is 0 Å². The second-order valence-electron chi connectivity index (χ2n) is 9.90. The zero-order valence-electron chi connectivity index (χ0n) is 17.1. The molecule has 3 nitrogen and oxygen atoms in total. The molecule has 0 spiro atoms. The molecule has 0 aromatic rings. The average molecular weight is 361 g/mol. The number of rotatable bonds is 3. The number of hydrogen-bond acceptors (Lipinski definition) is 3. The lowest BCUT2D eigenvalue weighted by Crippen LogP contribution is -2.52. The highest BCUT2D eigenvalue weighted by Gasteiger charge is 2.58. The monoisotopic (exact) mass is 360 g/mol. The van der Waals surface area contributed by atoms with Gasteiger partial charge < -0.3 is 9.47 Å². The van der Waals surface area contributed by atoms with Crippen molar-refractivity contribution in [3.05, 3.63) is 11.6 Å². The highest BCUT2D eigenvalue weighted by molar-refractivity contribution is 5.85. The maximum atomic E-state index is 13.1. The van der Waals surface area contributed by atoms with E-state index in [0.29, 0.717) is 36.2 Å². The van der Waals surface area contributed by atoms with Crippen LogP contribution in [0.25, 0.3) is 0 Å². The Hall–Kier alpha value is -0.670. The molecule has 26 heavy (non-hydrogen) atoms. The van der Waals surface area contributed by atoms with Crippen LogP contribution in [0.4, 0.5) is 0 Å². The number of ketones is 1. The summed E-state index contributed by atoms with van der Waals surface area (Å²) in [7, 11) is 0. The van der Waals surface area contributed by atoms with E-state index in [9.17, 15) is 4.79 Å². The van der Waals surface area contributed by atoms with Gasteiger partial charge >= 0.3 is 0 Å². The number of ether oxygens (including phenoxy) is 2. The minimum absolute atomic E-state index is 0.193. The first-order valence-corrected chi connectivity index (χ1v) is 10.8. The van der Waals surface area contributed by atoms with Gasteiger partial charge in [-0.2, -0.15) is 0 Å². The topological polar surface area (TPSA) is 35.5 Å². The molecule has 0 bridgehead atoms. The summed E-state index contributed by atoms with van der Waals surface area (Å²) in [5, 5.41) is 0. The van der Waals surface area contributed by atoms with Crippen molar-refractivity contribution in [3.8, 4) is 0 Å². The van der Waals surface area contributed by atoms with Gasteiger partial charge in [0.25, 0.3) is 0 Å². The second-order valence-corrected chi connectivity index (χ2v) is 9.90. The SMILES string of the molecule is CC=C1CCC2C3CCC(=O)C(C)(CCC4(C)OCCO4)C3CCC12C. The van der Waals surface area contributed by atoms with Gasteiger partial charge in [0.2, 0.25) is 0 Å². The minimum atomic E-state index is -0.481. The van der Waals surface area contributed by atoms with E-state index < -0.39 is 5.79 Å². The first-order chi connectivity index (χ1) is 12.3. The highest BCUT2D eigenvalue weighted by Crippen LogP contribution is 2.64. The van der Waals surface area contributed by atoms with Gasteiger partial charge in [0, 0.05) is 18.3 Å². The van der Waals surface area contributed by atoms with Gasteiger partial charge in [0.1, 0.15) is 5.78 Å². The molecule has 3 heteroatoms. The summed E-state index contributed by atoms with van der Waals surface area (Å²) in [4.78, 5) is 13.1. The molecule has 3 saturated carbocycles. The summed E-state index contributed by atoms with van der Waals surface area (Å²) in [5.41, 5.74) is 1.88. The fourth-order valence-corrected chi connectivity index (χ4v) is 7.11. The van der Waals surface area contributed by atoms with Gasteiger partial charge in [-0.3, -0.25) is 4.79 Å². The van der Waals surface area contributed by atoms with Crippen LogP contribution in [0, 0.1) is 28.6 Å². The van der Waals surface area contributed by atoms with E-state index in [1.54, 1.807) is 5.57 Å². The van der Waals surface area contributed by atoms with Gasteiger partial charge in [-0.1, -0.05) is 25.5 Å². The van der Waals surface area contributed by atoms with Crippen LogP contribution in [0.3, 0.4) is 0 Å². The molecular weight excluding hydrogens is 324 g/mol. The zero-order valence-corrected chi connectivity index (χ0v) is 17.1. The molecule has 1 saturated heterocycles. The maximum Gasteiger partial charge on any atom is 0.165 e. The summed E-state index contributed by atoms with van der Waals surface area (Å²) in [5.74, 6) is 2.04. The Labute approximate surface area is 158 Å². The van der Waals surface area contributed by atoms with Gasteiger partial charge in [0.15, 0.2) is 5.79 Å². The maximum absolute atomic E-state index is 13.1. The lowest BCUT2D eigenvalue weighted by molar-refractivity contribution is -0.163. The van der Waals surface area contributed by atoms with Crippen molar-refractivity contribution in [3.63, 3.8) is 0 Å². The Morgan fingerprint density at radius 2 is 1.73 bits per heavy atom. The Morgan fingerprint density at radius 1 is 1.00 bits per heavy atom. The van der Waals surface area contributed by atoms with E-state index in [1.165, 1.54) is 25.7 Å². The molecule has 0 amide bonds. The summed E-state index contributed by atoms with van der Waals surface area (Å²) < 4.78 is 11.6. The van der Waals surface area contributed by atoms with E-state index in [-0.39, 0.29) is 5.41 Å². The minimum Gasteiger partial charge on any atom is -0.348 e. The normalized spacial score (nSPS) is 46.4. The van der Waals surface area contributed by atoms with Crippen LogP contribution in [0.1, 0.15) is 79.1 Å². The van der Waals surface area contributed by atoms with Crippen molar-refractivity contribution in [2.45, 2.75) is 84.8 Å².